The molecule has 0 saturated heterocycles. The zero-order chi connectivity index (χ0) is 18.5. The molecule has 2 nitrogen and oxygen atoms in total. The van der Waals surface area contributed by atoms with Crippen molar-refractivity contribution in [1.29, 1.82) is 0 Å². The lowest BCUT2D eigenvalue weighted by Crippen LogP contribution is -2.32. The second kappa shape index (κ2) is 7.82. The molecule has 0 aliphatic rings. The predicted molar refractivity (Wildman–Crippen MR) is 116 cm³/mol. The summed E-state index contributed by atoms with van der Waals surface area (Å²) in [5.41, 5.74) is 2.00. The van der Waals surface area contributed by atoms with Gasteiger partial charge in [0.2, 0.25) is 0 Å². The minimum Gasteiger partial charge on any atom is -0.261 e. The zero-order valence-corrected chi connectivity index (χ0v) is 16.3. The van der Waals surface area contributed by atoms with Crippen molar-refractivity contribution >= 4 is 23.2 Å². The highest BCUT2D eigenvalue weighted by Gasteiger charge is 2.45. The Labute approximate surface area is 161 Å². The first-order valence-corrected chi connectivity index (χ1v) is 11.1. The van der Waals surface area contributed by atoms with Gasteiger partial charge in [-0.1, -0.05) is 54.6 Å². The maximum Gasteiger partial charge on any atom is 0.118 e. The molecule has 1 heterocycles. The molecule has 0 aliphatic carbocycles. The van der Waals surface area contributed by atoms with Crippen LogP contribution in [0, 0.1) is 6.92 Å². The molecular weight excluding hydrogens is 347 g/mol. The van der Waals surface area contributed by atoms with E-state index in [0.717, 1.165) is 17.5 Å². The van der Waals surface area contributed by atoms with Crippen LogP contribution in [0.2, 0.25) is 0 Å². The lowest BCUT2D eigenvalue weighted by atomic mass is 10.3. The average Bonchev–Trinajstić information content (AvgIpc) is 2.74. The molecule has 132 valence electrons. The lowest BCUT2D eigenvalue weighted by molar-refractivity contribution is 1.04. The van der Waals surface area contributed by atoms with Crippen molar-refractivity contribution in [2.75, 3.05) is 0 Å². The summed E-state index contributed by atoms with van der Waals surface area (Å²) in [7, 11) is -1.90. The van der Waals surface area contributed by atoms with Crippen molar-refractivity contribution in [3.8, 4) is 0 Å². The molecule has 0 radical (unpaired) electrons. The molecule has 3 heteroatoms. The van der Waals surface area contributed by atoms with Crippen molar-refractivity contribution in [3.63, 3.8) is 0 Å². The quantitative estimate of drug-likeness (QED) is 0.491. The summed E-state index contributed by atoms with van der Waals surface area (Å²) in [5, 5.41) is 4.10. The summed E-state index contributed by atoms with van der Waals surface area (Å²) >= 11 is 0. The monoisotopic (exact) mass is 369 g/mol. The Balaban J connectivity index is 2.00. The summed E-state index contributed by atoms with van der Waals surface area (Å²) in [6.45, 7) is 2.00. The van der Waals surface area contributed by atoms with E-state index in [1.165, 1.54) is 15.9 Å². The van der Waals surface area contributed by atoms with Crippen molar-refractivity contribution in [3.05, 3.63) is 115 Å². The van der Waals surface area contributed by atoms with Crippen LogP contribution in [0.5, 0.6) is 0 Å². The van der Waals surface area contributed by atoms with Crippen LogP contribution in [0.25, 0.3) is 0 Å². The molecule has 3 aromatic carbocycles. The van der Waals surface area contributed by atoms with Gasteiger partial charge in [-0.15, -0.1) is 0 Å². The summed E-state index contributed by atoms with van der Waals surface area (Å²) in [5.74, 6) is 0. The van der Waals surface area contributed by atoms with Crippen LogP contribution in [-0.2, 0) is 6.16 Å². The topological polar surface area (TPSA) is 25.8 Å². The number of aromatic nitrogens is 2. The van der Waals surface area contributed by atoms with E-state index in [9.17, 15) is 0 Å². The molecule has 0 saturated carbocycles. The summed E-state index contributed by atoms with van der Waals surface area (Å²) in [4.78, 5) is 9.20. The highest BCUT2D eigenvalue weighted by molar-refractivity contribution is 7.95. The van der Waals surface area contributed by atoms with Gasteiger partial charge in [-0.25, -0.2) is 0 Å². The Morgan fingerprint density at radius 2 is 1.07 bits per heavy atom. The van der Waals surface area contributed by atoms with Crippen LogP contribution in [0.15, 0.2) is 103 Å². The number of benzene rings is 3. The van der Waals surface area contributed by atoms with Gasteiger partial charge in [0, 0.05) is 6.20 Å². The van der Waals surface area contributed by atoms with Crippen LogP contribution in [0.3, 0.4) is 0 Å². The fraction of sp³-hybridized carbons (Fsp3) is 0.0833. The number of rotatable bonds is 5. The molecule has 1 aromatic heterocycles. The Morgan fingerprint density at radius 3 is 1.48 bits per heavy atom. The Kier molecular flexibility index (Phi) is 5.09. The fourth-order valence-electron chi connectivity index (χ4n) is 3.60. The smallest absolute Gasteiger partial charge is 0.118 e. The van der Waals surface area contributed by atoms with E-state index in [2.05, 4.69) is 96.0 Å². The summed E-state index contributed by atoms with van der Waals surface area (Å²) in [6.07, 6.45) is 4.59. The zero-order valence-electron chi connectivity index (χ0n) is 15.4. The molecule has 0 unspecified atom stereocenters. The highest BCUT2D eigenvalue weighted by Crippen LogP contribution is 2.57. The van der Waals surface area contributed by atoms with Gasteiger partial charge in [0.05, 0.1) is 17.6 Å². The van der Waals surface area contributed by atoms with E-state index >= 15 is 0 Å². The first-order chi connectivity index (χ1) is 13.3. The van der Waals surface area contributed by atoms with Crippen molar-refractivity contribution in [2.24, 2.45) is 0 Å². The van der Waals surface area contributed by atoms with Crippen molar-refractivity contribution in [1.82, 2.24) is 9.97 Å². The first kappa shape index (κ1) is 17.6. The number of nitrogens with zero attached hydrogens (tertiary/aromatic N) is 2. The third kappa shape index (κ3) is 3.54. The van der Waals surface area contributed by atoms with E-state index in [-0.39, 0.29) is 0 Å². The molecule has 4 aromatic rings. The lowest BCUT2D eigenvalue weighted by Gasteiger charge is -2.27. The first-order valence-electron chi connectivity index (χ1n) is 9.11. The Bertz CT molecular complexity index is 905. The molecule has 0 spiro atoms. The van der Waals surface area contributed by atoms with Crippen LogP contribution in [-0.4, -0.2) is 9.97 Å². The minimum absolute atomic E-state index is 0.861. The largest absolute Gasteiger partial charge is 0.261 e. The van der Waals surface area contributed by atoms with Gasteiger partial charge in [0.15, 0.2) is 0 Å². The predicted octanol–water partition coefficient (Wildman–Crippen LogP) is 4.28. The van der Waals surface area contributed by atoms with Crippen LogP contribution < -0.4 is 15.9 Å². The highest BCUT2D eigenvalue weighted by atomic mass is 31.2. The van der Waals surface area contributed by atoms with Crippen LogP contribution in [0.1, 0.15) is 11.4 Å². The van der Waals surface area contributed by atoms with E-state index in [4.69, 9.17) is 4.98 Å². The summed E-state index contributed by atoms with van der Waals surface area (Å²) < 4.78 is 0. The van der Waals surface area contributed by atoms with E-state index in [0.29, 0.717) is 0 Å². The molecule has 0 N–H and O–H groups in total. The van der Waals surface area contributed by atoms with Gasteiger partial charge in [-0.2, -0.15) is 0 Å². The normalized spacial score (nSPS) is 11.3. The van der Waals surface area contributed by atoms with Crippen molar-refractivity contribution < 1.29 is 0 Å². The van der Waals surface area contributed by atoms with E-state index < -0.39 is 7.26 Å². The number of hydrogen-bond acceptors (Lipinski definition) is 2. The van der Waals surface area contributed by atoms with Gasteiger partial charge in [0.1, 0.15) is 29.3 Å². The summed E-state index contributed by atoms with van der Waals surface area (Å²) in [6, 6.07) is 32.6. The molecule has 27 heavy (non-hydrogen) atoms. The maximum atomic E-state index is 4.80. The molecule has 0 fully saturated rings. The van der Waals surface area contributed by atoms with Gasteiger partial charge >= 0.3 is 0 Å². The third-order valence-corrected chi connectivity index (χ3v) is 9.13. The van der Waals surface area contributed by atoms with Gasteiger partial charge in [0.25, 0.3) is 0 Å². The van der Waals surface area contributed by atoms with E-state index in [1.807, 2.05) is 19.3 Å². The fourth-order valence-corrected chi connectivity index (χ4v) is 7.73. The number of aryl methyl sites for hydroxylation is 1. The molecule has 4 rings (SSSR count). The molecule has 0 bridgehead atoms. The molecule has 0 amide bonds. The second-order valence-corrected chi connectivity index (χ2v) is 10.1. The van der Waals surface area contributed by atoms with E-state index in [1.54, 1.807) is 0 Å². The SMILES string of the molecule is Cc1cncc(C[P+](c2ccccc2)(c2ccccc2)c2ccccc2)n1. The Morgan fingerprint density at radius 1 is 0.630 bits per heavy atom. The van der Waals surface area contributed by atoms with Crippen LogP contribution in [0.4, 0.5) is 0 Å². The van der Waals surface area contributed by atoms with Crippen LogP contribution >= 0.6 is 7.26 Å². The van der Waals surface area contributed by atoms with Gasteiger partial charge in [-0.3, -0.25) is 9.97 Å². The molecule has 0 atom stereocenters. The molecular formula is C24H22N2P+. The average molecular weight is 369 g/mol. The minimum atomic E-state index is -1.90. The second-order valence-electron chi connectivity index (χ2n) is 6.63. The maximum absolute atomic E-state index is 4.80. The van der Waals surface area contributed by atoms with Gasteiger partial charge < -0.3 is 0 Å². The molecule has 0 aliphatic heterocycles. The standard InChI is InChI=1S/C24H22N2P/c1-20-17-25-18-21(26-20)19-27(22-11-5-2-6-12-22,23-13-7-3-8-14-23)24-15-9-4-10-16-24/h2-18H,19H2,1H3/q+1. The third-order valence-electron chi connectivity index (χ3n) is 4.79. The van der Waals surface area contributed by atoms with Gasteiger partial charge in [-0.05, 0) is 43.3 Å². The van der Waals surface area contributed by atoms with Crippen molar-refractivity contribution in [2.45, 2.75) is 13.1 Å². The number of hydrogen-bond donors (Lipinski definition) is 0. The Hall–Kier alpha value is -2.83.